The molecule has 0 aliphatic carbocycles. The van der Waals surface area contributed by atoms with E-state index in [1.165, 1.54) is 20.1 Å². The molecule has 4 nitrogen and oxygen atoms in total. The Labute approximate surface area is 93.5 Å². The molecule has 0 saturated heterocycles. The maximum Gasteiger partial charge on any atom is 0.308 e. The lowest BCUT2D eigenvalue weighted by Crippen LogP contribution is -2.03. The standard InChI is InChI=1S/C12H12O4/c1-9(14)16-12-8-10(4-3-7-13)5-6-11(12)15-2/h3-8H,1-2H3/b4-3+. The topological polar surface area (TPSA) is 52.6 Å². The van der Waals surface area contributed by atoms with Gasteiger partial charge in [-0.05, 0) is 23.8 Å². The summed E-state index contributed by atoms with van der Waals surface area (Å²) in [5.41, 5.74) is 0.754. The Morgan fingerprint density at radius 2 is 2.06 bits per heavy atom. The normalized spacial score (nSPS) is 10.1. The van der Waals surface area contributed by atoms with E-state index in [0.29, 0.717) is 17.8 Å². The summed E-state index contributed by atoms with van der Waals surface area (Å²) in [5.74, 6) is 0.385. The van der Waals surface area contributed by atoms with Crippen LogP contribution in [-0.2, 0) is 9.59 Å². The summed E-state index contributed by atoms with van der Waals surface area (Å²) in [5, 5.41) is 0. The molecule has 0 atom stereocenters. The van der Waals surface area contributed by atoms with E-state index in [-0.39, 0.29) is 0 Å². The Bertz CT molecular complexity index is 421. The smallest absolute Gasteiger partial charge is 0.308 e. The number of aldehydes is 1. The minimum atomic E-state index is -0.421. The van der Waals surface area contributed by atoms with Crippen molar-refractivity contribution < 1.29 is 19.1 Å². The van der Waals surface area contributed by atoms with E-state index < -0.39 is 5.97 Å². The molecule has 1 aromatic rings. The Hall–Kier alpha value is -2.10. The van der Waals surface area contributed by atoms with Crippen molar-refractivity contribution in [1.82, 2.24) is 0 Å². The van der Waals surface area contributed by atoms with E-state index >= 15 is 0 Å². The fraction of sp³-hybridized carbons (Fsp3) is 0.167. The summed E-state index contributed by atoms with van der Waals surface area (Å²) in [4.78, 5) is 21.0. The van der Waals surface area contributed by atoms with Gasteiger partial charge in [0.2, 0.25) is 0 Å². The number of esters is 1. The van der Waals surface area contributed by atoms with Crippen molar-refractivity contribution in [2.75, 3.05) is 7.11 Å². The van der Waals surface area contributed by atoms with Crippen molar-refractivity contribution in [1.29, 1.82) is 0 Å². The maximum absolute atomic E-state index is 10.9. The SMILES string of the molecule is COc1ccc(/C=C/C=O)cc1OC(C)=O. The molecule has 0 unspecified atom stereocenters. The zero-order valence-corrected chi connectivity index (χ0v) is 9.10. The molecule has 0 spiro atoms. The molecule has 0 amide bonds. The van der Waals surface area contributed by atoms with E-state index in [4.69, 9.17) is 9.47 Å². The zero-order valence-electron chi connectivity index (χ0n) is 9.10. The fourth-order valence-electron chi connectivity index (χ4n) is 1.18. The molecule has 0 radical (unpaired) electrons. The van der Waals surface area contributed by atoms with E-state index in [1.54, 1.807) is 24.3 Å². The average molecular weight is 220 g/mol. The molecule has 0 aliphatic heterocycles. The fourth-order valence-corrected chi connectivity index (χ4v) is 1.18. The first kappa shape index (κ1) is 12.0. The number of methoxy groups -OCH3 is 1. The summed E-state index contributed by atoms with van der Waals surface area (Å²) in [6.07, 6.45) is 3.65. The highest BCUT2D eigenvalue weighted by Crippen LogP contribution is 2.28. The van der Waals surface area contributed by atoms with Gasteiger partial charge in [-0.25, -0.2) is 0 Å². The second kappa shape index (κ2) is 5.70. The average Bonchev–Trinajstić information content (AvgIpc) is 2.26. The molecule has 84 valence electrons. The van der Waals surface area contributed by atoms with Gasteiger partial charge in [0.25, 0.3) is 0 Å². The van der Waals surface area contributed by atoms with Gasteiger partial charge < -0.3 is 9.47 Å². The monoisotopic (exact) mass is 220 g/mol. The Morgan fingerprint density at radius 3 is 2.62 bits per heavy atom. The summed E-state index contributed by atoms with van der Waals surface area (Å²) >= 11 is 0. The first-order chi connectivity index (χ1) is 7.67. The molecule has 0 bridgehead atoms. The van der Waals surface area contributed by atoms with Crippen LogP contribution in [-0.4, -0.2) is 19.4 Å². The Kier molecular flexibility index (Phi) is 4.27. The van der Waals surface area contributed by atoms with Crippen molar-refractivity contribution in [2.45, 2.75) is 6.92 Å². The number of carbonyl (C=O) groups excluding carboxylic acids is 2. The molecule has 0 N–H and O–H groups in total. The molecule has 4 heteroatoms. The van der Waals surface area contributed by atoms with E-state index in [0.717, 1.165) is 5.56 Å². The van der Waals surface area contributed by atoms with E-state index in [1.807, 2.05) is 0 Å². The third-order valence-electron chi connectivity index (χ3n) is 1.81. The van der Waals surface area contributed by atoms with Crippen LogP contribution in [0, 0.1) is 0 Å². The number of hydrogen-bond donors (Lipinski definition) is 0. The Balaban J connectivity index is 3.05. The van der Waals surface area contributed by atoms with Crippen molar-refractivity contribution in [3.63, 3.8) is 0 Å². The summed E-state index contributed by atoms with van der Waals surface area (Å²) in [6, 6.07) is 5.05. The summed E-state index contributed by atoms with van der Waals surface area (Å²) < 4.78 is 10.0. The first-order valence-corrected chi connectivity index (χ1v) is 4.65. The lowest BCUT2D eigenvalue weighted by molar-refractivity contribution is -0.132. The quantitative estimate of drug-likeness (QED) is 0.336. The largest absolute Gasteiger partial charge is 0.493 e. The summed E-state index contributed by atoms with van der Waals surface area (Å²) in [6.45, 7) is 1.31. The molecule has 0 aliphatic rings. The van der Waals surface area contributed by atoms with Crippen LogP contribution in [0.1, 0.15) is 12.5 Å². The van der Waals surface area contributed by atoms with Crippen LogP contribution < -0.4 is 9.47 Å². The highest BCUT2D eigenvalue weighted by molar-refractivity contribution is 5.75. The van der Waals surface area contributed by atoms with Gasteiger partial charge >= 0.3 is 5.97 Å². The van der Waals surface area contributed by atoms with Crippen LogP contribution in [0.5, 0.6) is 11.5 Å². The third kappa shape index (κ3) is 3.24. The number of allylic oxidation sites excluding steroid dienone is 1. The molecule has 0 heterocycles. The van der Waals surface area contributed by atoms with Crippen LogP contribution in [0.25, 0.3) is 6.08 Å². The molecule has 16 heavy (non-hydrogen) atoms. The number of rotatable bonds is 4. The second-order valence-electron chi connectivity index (χ2n) is 3.00. The molecular formula is C12H12O4. The summed E-state index contributed by atoms with van der Waals surface area (Å²) in [7, 11) is 1.49. The predicted molar refractivity (Wildman–Crippen MR) is 59.4 cm³/mol. The predicted octanol–water partition coefficient (Wildman–Crippen LogP) is 1.83. The molecule has 0 saturated carbocycles. The molecule has 0 fully saturated rings. The van der Waals surface area contributed by atoms with Crippen molar-refractivity contribution in [3.8, 4) is 11.5 Å². The first-order valence-electron chi connectivity index (χ1n) is 4.65. The van der Waals surface area contributed by atoms with Crippen LogP contribution in [0.2, 0.25) is 0 Å². The minimum absolute atomic E-state index is 0.336. The van der Waals surface area contributed by atoms with Gasteiger partial charge in [-0.3, -0.25) is 9.59 Å². The van der Waals surface area contributed by atoms with Crippen LogP contribution >= 0.6 is 0 Å². The van der Waals surface area contributed by atoms with Gasteiger partial charge in [-0.15, -0.1) is 0 Å². The van der Waals surface area contributed by atoms with Gasteiger partial charge in [0.1, 0.15) is 6.29 Å². The van der Waals surface area contributed by atoms with Crippen LogP contribution in [0.4, 0.5) is 0 Å². The van der Waals surface area contributed by atoms with Gasteiger partial charge in [0.15, 0.2) is 11.5 Å². The van der Waals surface area contributed by atoms with Crippen molar-refractivity contribution in [2.24, 2.45) is 0 Å². The van der Waals surface area contributed by atoms with Gasteiger partial charge in [0.05, 0.1) is 7.11 Å². The highest BCUT2D eigenvalue weighted by Gasteiger charge is 2.06. The van der Waals surface area contributed by atoms with E-state index in [9.17, 15) is 9.59 Å². The van der Waals surface area contributed by atoms with Crippen molar-refractivity contribution >= 4 is 18.3 Å². The molecule has 0 aromatic heterocycles. The Morgan fingerprint density at radius 1 is 1.31 bits per heavy atom. The van der Waals surface area contributed by atoms with Gasteiger partial charge in [0, 0.05) is 6.92 Å². The highest BCUT2D eigenvalue weighted by atomic mass is 16.6. The van der Waals surface area contributed by atoms with Crippen LogP contribution in [0.15, 0.2) is 24.3 Å². The van der Waals surface area contributed by atoms with Crippen LogP contribution in [0.3, 0.4) is 0 Å². The number of ether oxygens (including phenoxy) is 2. The minimum Gasteiger partial charge on any atom is -0.493 e. The van der Waals surface area contributed by atoms with Gasteiger partial charge in [-0.2, -0.15) is 0 Å². The lowest BCUT2D eigenvalue weighted by atomic mass is 10.2. The van der Waals surface area contributed by atoms with Gasteiger partial charge in [-0.1, -0.05) is 12.1 Å². The zero-order chi connectivity index (χ0) is 12.0. The maximum atomic E-state index is 10.9. The third-order valence-corrected chi connectivity index (χ3v) is 1.81. The number of hydrogen-bond acceptors (Lipinski definition) is 4. The molecule has 1 aromatic carbocycles. The molecule has 1 rings (SSSR count). The lowest BCUT2D eigenvalue weighted by Gasteiger charge is -2.08. The second-order valence-corrected chi connectivity index (χ2v) is 3.00. The van der Waals surface area contributed by atoms with Crippen molar-refractivity contribution in [3.05, 3.63) is 29.8 Å². The molecular weight excluding hydrogens is 208 g/mol. The number of carbonyl (C=O) groups is 2. The number of benzene rings is 1. The van der Waals surface area contributed by atoms with E-state index in [2.05, 4.69) is 0 Å².